The maximum Gasteiger partial charge on any atom is 0.278 e. The largest absolute Gasteiger partial charge is 0.326 e. The molecule has 1 atom stereocenters. The number of carbonyl (C=O) groups is 3. The van der Waals surface area contributed by atoms with Gasteiger partial charge in [-0.25, -0.2) is 4.68 Å². The van der Waals surface area contributed by atoms with Crippen molar-refractivity contribution in [1.82, 2.24) is 9.78 Å². The van der Waals surface area contributed by atoms with Crippen LogP contribution in [0, 0.1) is 0 Å². The zero-order valence-electron chi connectivity index (χ0n) is 18.4. The van der Waals surface area contributed by atoms with Gasteiger partial charge in [-0.2, -0.15) is 5.10 Å². The predicted octanol–water partition coefficient (Wildman–Crippen LogP) is 3.07. The maximum atomic E-state index is 13.2. The van der Waals surface area contributed by atoms with Crippen molar-refractivity contribution < 1.29 is 14.4 Å². The third kappa shape index (κ3) is 4.74. The molecule has 8 heteroatoms. The molecule has 168 valence electrons. The number of benzene rings is 2. The van der Waals surface area contributed by atoms with E-state index in [0.717, 1.165) is 22.4 Å². The van der Waals surface area contributed by atoms with Gasteiger partial charge in [0.05, 0.1) is 6.54 Å². The summed E-state index contributed by atoms with van der Waals surface area (Å²) in [7, 11) is 0. The number of para-hydroxylation sites is 1. The third-order valence-electron chi connectivity index (χ3n) is 5.62. The fourth-order valence-corrected chi connectivity index (χ4v) is 3.97. The molecule has 2 aromatic carbocycles. The van der Waals surface area contributed by atoms with Gasteiger partial charge >= 0.3 is 0 Å². The van der Waals surface area contributed by atoms with E-state index in [1.54, 1.807) is 29.2 Å². The minimum absolute atomic E-state index is 0.0161. The first-order valence-electron chi connectivity index (χ1n) is 10.7. The fraction of sp³-hybridized carbons (Fsp3) is 0.240. The molecule has 0 fully saturated rings. The van der Waals surface area contributed by atoms with Crippen LogP contribution < -0.4 is 15.8 Å². The first-order chi connectivity index (χ1) is 15.8. The fourth-order valence-electron chi connectivity index (χ4n) is 3.97. The van der Waals surface area contributed by atoms with Crippen LogP contribution in [0.5, 0.6) is 0 Å². The minimum Gasteiger partial charge on any atom is -0.326 e. The molecule has 1 aromatic heterocycles. The van der Waals surface area contributed by atoms with E-state index in [2.05, 4.69) is 10.4 Å². The van der Waals surface area contributed by atoms with Crippen molar-refractivity contribution in [3.63, 3.8) is 0 Å². The molecular formula is C25H24N4O4. The van der Waals surface area contributed by atoms with Gasteiger partial charge in [0.2, 0.25) is 5.91 Å². The van der Waals surface area contributed by atoms with E-state index in [0.29, 0.717) is 11.3 Å². The molecule has 0 unspecified atom stereocenters. The average Bonchev–Trinajstić information content (AvgIpc) is 3.13. The van der Waals surface area contributed by atoms with Gasteiger partial charge < -0.3 is 10.2 Å². The van der Waals surface area contributed by atoms with Gasteiger partial charge in [-0.3, -0.25) is 19.2 Å². The van der Waals surface area contributed by atoms with Crippen LogP contribution >= 0.6 is 0 Å². The van der Waals surface area contributed by atoms with E-state index < -0.39 is 5.56 Å². The Bertz CT molecular complexity index is 1300. The van der Waals surface area contributed by atoms with E-state index in [4.69, 9.17) is 0 Å². The summed E-state index contributed by atoms with van der Waals surface area (Å²) in [5.74, 6) is -0.715. The Morgan fingerprint density at radius 3 is 2.64 bits per heavy atom. The molecule has 0 aliphatic carbocycles. The van der Waals surface area contributed by atoms with Gasteiger partial charge in [0.25, 0.3) is 11.5 Å². The van der Waals surface area contributed by atoms with E-state index in [9.17, 15) is 19.2 Å². The van der Waals surface area contributed by atoms with Crippen LogP contribution in [0.15, 0.2) is 65.5 Å². The number of nitrogens with zero attached hydrogens (tertiary/aromatic N) is 3. The van der Waals surface area contributed by atoms with Crippen molar-refractivity contribution in [2.45, 2.75) is 39.3 Å². The number of rotatable bonds is 6. The van der Waals surface area contributed by atoms with Crippen molar-refractivity contribution in [1.29, 1.82) is 0 Å². The zero-order valence-corrected chi connectivity index (χ0v) is 18.4. The molecule has 4 rings (SSSR count). The van der Waals surface area contributed by atoms with E-state index in [-0.39, 0.29) is 42.3 Å². The summed E-state index contributed by atoms with van der Waals surface area (Å²) in [6.45, 7) is 3.44. The molecule has 1 aliphatic heterocycles. The van der Waals surface area contributed by atoms with Gasteiger partial charge in [-0.1, -0.05) is 30.3 Å². The van der Waals surface area contributed by atoms with E-state index in [1.807, 2.05) is 31.2 Å². The monoisotopic (exact) mass is 444 g/mol. The number of nitrogens with one attached hydrogen (secondary N) is 1. The molecule has 2 heterocycles. The minimum atomic E-state index is -0.396. The third-order valence-corrected chi connectivity index (χ3v) is 5.62. The zero-order chi connectivity index (χ0) is 23.5. The lowest BCUT2D eigenvalue weighted by molar-refractivity contribution is -0.116. The summed E-state index contributed by atoms with van der Waals surface area (Å²) >= 11 is 0. The number of ketones is 1. The van der Waals surface area contributed by atoms with Crippen LogP contribution in [-0.2, 0) is 17.8 Å². The molecule has 0 radical (unpaired) electrons. The molecule has 1 aliphatic rings. The van der Waals surface area contributed by atoms with Gasteiger partial charge in [0, 0.05) is 35.5 Å². The first-order valence-corrected chi connectivity index (χ1v) is 10.7. The Morgan fingerprint density at radius 2 is 1.85 bits per heavy atom. The number of aromatic nitrogens is 2. The second-order valence-corrected chi connectivity index (χ2v) is 8.07. The van der Waals surface area contributed by atoms with Gasteiger partial charge in [-0.05, 0) is 50.1 Å². The van der Waals surface area contributed by atoms with Crippen molar-refractivity contribution in [2.75, 3.05) is 10.2 Å². The summed E-state index contributed by atoms with van der Waals surface area (Å²) in [6, 6.07) is 17.1. The number of fused-ring (bicyclic) bond motifs is 1. The number of Topliss-reactive ketones (excluding diaryl/α,β-unsaturated/α-hetero) is 1. The van der Waals surface area contributed by atoms with Crippen molar-refractivity contribution in [3.8, 4) is 0 Å². The molecular weight excluding hydrogens is 420 g/mol. The average molecular weight is 444 g/mol. The first kappa shape index (κ1) is 22.1. The second kappa shape index (κ2) is 9.20. The SMILES string of the molecule is CC(=O)c1cccc(NC(=O)CCn2nc(C(=O)N3c4ccccc4C[C@H]3C)ccc2=O)c1. The number of aryl methyl sites for hydroxylation is 1. The Morgan fingerprint density at radius 1 is 1.06 bits per heavy atom. The highest BCUT2D eigenvalue weighted by Crippen LogP contribution is 2.32. The number of hydrogen-bond donors (Lipinski definition) is 1. The van der Waals surface area contributed by atoms with Gasteiger partial charge in [0.1, 0.15) is 5.69 Å². The van der Waals surface area contributed by atoms with Crippen molar-refractivity contribution in [2.24, 2.45) is 0 Å². The molecule has 3 aromatic rings. The Labute approximate surface area is 190 Å². The smallest absolute Gasteiger partial charge is 0.278 e. The quantitative estimate of drug-likeness (QED) is 0.589. The summed E-state index contributed by atoms with van der Waals surface area (Å²) in [4.78, 5) is 51.0. The van der Waals surface area contributed by atoms with Crippen molar-refractivity contribution in [3.05, 3.63) is 87.8 Å². The summed E-state index contributed by atoms with van der Waals surface area (Å²) in [5.41, 5.74) is 2.69. The molecule has 33 heavy (non-hydrogen) atoms. The summed E-state index contributed by atoms with van der Waals surface area (Å²) in [6.07, 6.45) is 0.740. The van der Waals surface area contributed by atoms with Crippen LogP contribution in [-0.4, -0.2) is 33.4 Å². The topological polar surface area (TPSA) is 101 Å². The van der Waals surface area contributed by atoms with Crippen LogP contribution in [0.4, 0.5) is 11.4 Å². The van der Waals surface area contributed by atoms with E-state index >= 15 is 0 Å². The maximum absolute atomic E-state index is 13.2. The number of anilines is 2. The highest BCUT2D eigenvalue weighted by Gasteiger charge is 2.32. The summed E-state index contributed by atoms with van der Waals surface area (Å²) in [5, 5.41) is 6.95. The van der Waals surface area contributed by atoms with Gasteiger partial charge in [0.15, 0.2) is 5.78 Å². The van der Waals surface area contributed by atoms with Crippen LogP contribution in [0.3, 0.4) is 0 Å². The number of amides is 2. The molecule has 0 spiro atoms. The van der Waals surface area contributed by atoms with Crippen LogP contribution in [0.1, 0.15) is 46.7 Å². The lowest BCUT2D eigenvalue weighted by Gasteiger charge is -2.22. The molecule has 8 nitrogen and oxygen atoms in total. The second-order valence-electron chi connectivity index (χ2n) is 8.07. The van der Waals surface area contributed by atoms with Crippen LogP contribution in [0.25, 0.3) is 0 Å². The summed E-state index contributed by atoms with van der Waals surface area (Å²) < 4.78 is 1.13. The van der Waals surface area contributed by atoms with Crippen LogP contribution in [0.2, 0.25) is 0 Å². The highest BCUT2D eigenvalue weighted by atomic mass is 16.2. The Hall–Kier alpha value is -4.07. The highest BCUT2D eigenvalue weighted by molar-refractivity contribution is 6.06. The molecule has 0 saturated heterocycles. The predicted molar refractivity (Wildman–Crippen MR) is 125 cm³/mol. The van der Waals surface area contributed by atoms with Gasteiger partial charge in [-0.15, -0.1) is 0 Å². The molecule has 0 saturated carbocycles. The Kier molecular flexibility index (Phi) is 6.17. The van der Waals surface area contributed by atoms with Crippen molar-refractivity contribution >= 4 is 29.0 Å². The molecule has 1 N–H and O–H groups in total. The lowest BCUT2D eigenvalue weighted by atomic mass is 10.1. The molecule has 2 amide bonds. The molecule has 0 bridgehead atoms. The normalized spacial score (nSPS) is 14.6. The number of hydrogen-bond acceptors (Lipinski definition) is 5. The lowest BCUT2D eigenvalue weighted by Crippen LogP contribution is -2.37. The standard InChI is InChI=1S/C25H24N4O4/c1-16-14-19-6-3-4-9-22(19)29(16)25(33)21-10-11-24(32)28(27-21)13-12-23(31)26-20-8-5-7-18(15-20)17(2)30/h3-11,15-16H,12-14H2,1-2H3,(H,26,31)/t16-/m1/s1. The number of carbonyl (C=O) groups excluding carboxylic acids is 3. The van der Waals surface area contributed by atoms with E-state index in [1.165, 1.54) is 19.1 Å². The Balaban J connectivity index is 1.46.